The molecule has 3 aromatic rings. The molecule has 0 spiro atoms. The highest BCUT2D eigenvalue weighted by Crippen LogP contribution is 2.27. The summed E-state index contributed by atoms with van der Waals surface area (Å²) in [6, 6.07) is 18.8. The molecule has 0 aliphatic carbocycles. The number of aromatic nitrogens is 1. The van der Waals surface area contributed by atoms with Crippen molar-refractivity contribution in [3.05, 3.63) is 77.7 Å². The van der Waals surface area contributed by atoms with E-state index in [0.29, 0.717) is 25.5 Å². The molecule has 4 rings (SSSR count). The average Bonchev–Trinajstić information content (AvgIpc) is 3.25. The molecule has 2 heterocycles. The first-order valence-electron chi connectivity index (χ1n) is 12.0. The number of nitrogens with one attached hydrogen (secondary N) is 1. The third-order valence-electron chi connectivity index (χ3n) is 6.38. The molecule has 1 aromatic heterocycles. The van der Waals surface area contributed by atoms with Gasteiger partial charge in [0.05, 0.1) is 24.9 Å². The van der Waals surface area contributed by atoms with Crippen molar-refractivity contribution in [3.63, 3.8) is 0 Å². The maximum absolute atomic E-state index is 13.0. The first-order valence-corrected chi connectivity index (χ1v) is 12.0. The molecule has 1 amide bonds. The van der Waals surface area contributed by atoms with Gasteiger partial charge in [0.15, 0.2) is 5.78 Å². The topological polar surface area (TPSA) is 90.7 Å². The Bertz CT molecular complexity index is 1130. The average molecular weight is 477 g/mol. The Morgan fingerprint density at radius 1 is 1.06 bits per heavy atom. The maximum atomic E-state index is 13.0. The Kier molecular flexibility index (Phi) is 7.78. The molecule has 1 saturated heterocycles. The molecule has 1 unspecified atom stereocenters. The van der Waals surface area contributed by atoms with Crippen LogP contribution in [0.2, 0.25) is 0 Å². The molecule has 2 aromatic carbocycles. The van der Waals surface area contributed by atoms with E-state index in [0.717, 1.165) is 35.4 Å². The van der Waals surface area contributed by atoms with Gasteiger partial charge in [-0.05, 0) is 57.7 Å². The van der Waals surface area contributed by atoms with Crippen LogP contribution >= 0.6 is 0 Å². The van der Waals surface area contributed by atoms with Gasteiger partial charge >= 0.3 is 0 Å². The number of benzene rings is 2. The lowest BCUT2D eigenvalue weighted by Gasteiger charge is -2.37. The molecule has 7 heteroatoms. The monoisotopic (exact) mass is 476 g/mol. The van der Waals surface area contributed by atoms with Crippen molar-refractivity contribution in [1.82, 2.24) is 10.3 Å². The maximum Gasteiger partial charge on any atom is 0.280 e. The number of ketones is 1. The van der Waals surface area contributed by atoms with E-state index in [1.165, 1.54) is 6.92 Å². The Morgan fingerprint density at radius 3 is 2.31 bits per heavy atom. The number of carbonyl (C=O) groups is 2. The molecule has 1 N–H and O–H groups in total. The van der Waals surface area contributed by atoms with Gasteiger partial charge in [-0.3, -0.25) is 9.59 Å². The summed E-state index contributed by atoms with van der Waals surface area (Å²) >= 11 is 0. The number of hydrogen-bond acceptors (Lipinski definition) is 6. The molecule has 7 nitrogen and oxygen atoms in total. The van der Waals surface area contributed by atoms with E-state index in [-0.39, 0.29) is 11.7 Å². The lowest BCUT2D eigenvalue weighted by molar-refractivity contribution is -0.260. The van der Waals surface area contributed by atoms with Gasteiger partial charge < -0.3 is 19.2 Å². The molecule has 0 bridgehead atoms. The zero-order valence-corrected chi connectivity index (χ0v) is 20.5. The summed E-state index contributed by atoms with van der Waals surface area (Å²) < 4.78 is 17.6. The van der Waals surface area contributed by atoms with Crippen LogP contribution < -0.4 is 5.32 Å². The molecule has 0 radical (unpaired) electrons. The fraction of sp³-hybridized carbons (Fsp3) is 0.393. The van der Waals surface area contributed by atoms with Crippen molar-refractivity contribution >= 4 is 11.7 Å². The third kappa shape index (κ3) is 6.24. The lowest BCUT2D eigenvalue weighted by atomic mass is 10.0. The Hall–Kier alpha value is -3.29. The first kappa shape index (κ1) is 24.8. The minimum Gasteiger partial charge on any atom is -0.441 e. The number of aryl methyl sites for hydroxylation is 2. The van der Waals surface area contributed by atoms with E-state index in [2.05, 4.69) is 10.3 Å². The summed E-state index contributed by atoms with van der Waals surface area (Å²) in [5.74, 6) is -0.427. The Morgan fingerprint density at radius 2 is 1.69 bits per heavy atom. The van der Waals surface area contributed by atoms with Gasteiger partial charge in [0.1, 0.15) is 5.76 Å². The molecule has 1 atom stereocenters. The fourth-order valence-electron chi connectivity index (χ4n) is 4.08. The SMILES string of the molecule is CC(=O)C(Cc1ccccc1)NC(=O)C1(C)OCC(CCc2nc(-c3ccccc3)oc2C)CO1. The van der Waals surface area contributed by atoms with Gasteiger partial charge in [-0.15, -0.1) is 0 Å². The van der Waals surface area contributed by atoms with Crippen molar-refractivity contribution in [2.45, 2.75) is 51.9 Å². The molecule has 1 fully saturated rings. The van der Waals surface area contributed by atoms with Gasteiger partial charge in [0.25, 0.3) is 5.91 Å². The Balaban J connectivity index is 1.29. The molecular weight excluding hydrogens is 444 g/mol. The van der Waals surface area contributed by atoms with Crippen molar-refractivity contribution < 1.29 is 23.5 Å². The second kappa shape index (κ2) is 11.0. The van der Waals surface area contributed by atoms with E-state index in [4.69, 9.17) is 13.9 Å². The number of carbonyl (C=O) groups excluding carboxylic acids is 2. The standard InChI is InChI=1S/C28H32N2O5/c1-19(31)25(16-21-10-6-4-7-11-21)30-27(32)28(3)33-17-22(18-34-28)14-15-24-20(2)35-26(29-24)23-12-8-5-9-13-23/h4-13,22,25H,14-18H2,1-3H3,(H,30,32). The van der Waals surface area contributed by atoms with Crippen molar-refractivity contribution in [2.24, 2.45) is 5.92 Å². The first-order chi connectivity index (χ1) is 16.8. The number of oxazole rings is 1. The quantitative estimate of drug-likeness (QED) is 0.496. The molecule has 184 valence electrons. The highest BCUT2D eigenvalue weighted by atomic mass is 16.7. The van der Waals surface area contributed by atoms with Crippen molar-refractivity contribution in [2.75, 3.05) is 13.2 Å². The number of hydrogen-bond donors (Lipinski definition) is 1. The van der Waals surface area contributed by atoms with Gasteiger partial charge in [-0.25, -0.2) is 4.98 Å². The van der Waals surface area contributed by atoms with Crippen LogP contribution in [0.1, 0.15) is 37.3 Å². The lowest BCUT2D eigenvalue weighted by Crippen LogP contribution is -2.56. The smallest absolute Gasteiger partial charge is 0.280 e. The second-order valence-electron chi connectivity index (χ2n) is 9.19. The van der Waals surface area contributed by atoms with E-state index in [1.54, 1.807) is 6.92 Å². The minimum absolute atomic E-state index is 0.114. The summed E-state index contributed by atoms with van der Waals surface area (Å²) in [5.41, 5.74) is 2.84. The van der Waals surface area contributed by atoms with Gasteiger partial charge in [-0.1, -0.05) is 48.5 Å². The number of amides is 1. The second-order valence-corrected chi connectivity index (χ2v) is 9.19. The van der Waals surface area contributed by atoms with Gasteiger partial charge in [-0.2, -0.15) is 0 Å². The zero-order chi connectivity index (χ0) is 24.8. The van der Waals surface area contributed by atoms with Crippen LogP contribution in [0.5, 0.6) is 0 Å². The summed E-state index contributed by atoms with van der Waals surface area (Å²) in [6.07, 6.45) is 1.94. The van der Waals surface area contributed by atoms with Crippen molar-refractivity contribution in [1.29, 1.82) is 0 Å². The molecule has 1 aliphatic rings. The highest BCUT2D eigenvalue weighted by molar-refractivity contribution is 5.90. The van der Waals surface area contributed by atoms with Crippen LogP contribution in [-0.2, 0) is 31.9 Å². The van der Waals surface area contributed by atoms with E-state index < -0.39 is 17.7 Å². The normalized spacial score (nSPS) is 20.8. The van der Waals surface area contributed by atoms with Crippen LogP contribution in [-0.4, -0.2) is 41.7 Å². The predicted octanol–water partition coefficient (Wildman–Crippen LogP) is 4.28. The summed E-state index contributed by atoms with van der Waals surface area (Å²) in [4.78, 5) is 29.8. The Labute approximate surface area is 205 Å². The largest absolute Gasteiger partial charge is 0.441 e. The molecule has 1 aliphatic heterocycles. The fourth-order valence-corrected chi connectivity index (χ4v) is 4.08. The minimum atomic E-state index is -1.43. The van der Waals surface area contributed by atoms with E-state index in [9.17, 15) is 9.59 Å². The highest BCUT2D eigenvalue weighted by Gasteiger charge is 2.41. The molecule has 35 heavy (non-hydrogen) atoms. The van der Waals surface area contributed by atoms with E-state index in [1.807, 2.05) is 67.6 Å². The van der Waals surface area contributed by atoms with Crippen LogP contribution in [0.3, 0.4) is 0 Å². The number of rotatable bonds is 9. The van der Waals surface area contributed by atoms with Crippen LogP contribution in [0.15, 0.2) is 65.1 Å². The van der Waals surface area contributed by atoms with E-state index >= 15 is 0 Å². The van der Waals surface area contributed by atoms with Gasteiger partial charge in [0, 0.05) is 11.5 Å². The number of nitrogens with zero attached hydrogens (tertiary/aromatic N) is 1. The zero-order valence-electron chi connectivity index (χ0n) is 20.5. The van der Waals surface area contributed by atoms with Gasteiger partial charge in [0.2, 0.25) is 11.7 Å². The van der Waals surface area contributed by atoms with Crippen LogP contribution in [0, 0.1) is 12.8 Å². The number of ether oxygens (including phenoxy) is 2. The summed E-state index contributed by atoms with van der Waals surface area (Å²) in [6.45, 7) is 5.77. The number of Topliss-reactive ketones (excluding diaryl/α,β-unsaturated/α-hetero) is 1. The molecular formula is C28H32N2O5. The van der Waals surface area contributed by atoms with Crippen molar-refractivity contribution in [3.8, 4) is 11.5 Å². The predicted molar refractivity (Wildman–Crippen MR) is 132 cm³/mol. The summed E-state index contributed by atoms with van der Waals surface area (Å²) in [7, 11) is 0. The third-order valence-corrected chi connectivity index (χ3v) is 6.38. The van der Waals surface area contributed by atoms with Crippen LogP contribution in [0.25, 0.3) is 11.5 Å². The summed E-state index contributed by atoms with van der Waals surface area (Å²) in [5, 5.41) is 2.81. The molecule has 0 saturated carbocycles. The van der Waals surface area contributed by atoms with Crippen LogP contribution in [0.4, 0.5) is 0 Å².